The third-order valence-corrected chi connectivity index (χ3v) is 3.55. The van der Waals surface area contributed by atoms with Crippen molar-refractivity contribution in [3.05, 3.63) is 47.7 Å². The van der Waals surface area contributed by atoms with Crippen LogP contribution in [0.4, 0.5) is 5.82 Å². The van der Waals surface area contributed by atoms with Gasteiger partial charge < -0.3 is 10.5 Å². The van der Waals surface area contributed by atoms with Gasteiger partial charge >= 0.3 is 0 Å². The lowest BCUT2D eigenvalue weighted by Crippen LogP contribution is -1.97. The molecule has 0 saturated heterocycles. The van der Waals surface area contributed by atoms with E-state index in [9.17, 15) is 0 Å². The molecule has 0 amide bonds. The molecular weight excluding hydrogens is 250 g/mol. The second-order valence-corrected chi connectivity index (χ2v) is 4.91. The highest BCUT2D eigenvalue weighted by Crippen LogP contribution is 2.34. The van der Waals surface area contributed by atoms with Gasteiger partial charge in [0.05, 0.1) is 7.11 Å². The Kier molecular flexibility index (Phi) is 2.86. The van der Waals surface area contributed by atoms with E-state index < -0.39 is 0 Å². The molecule has 20 heavy (non-hydrogen) atoms. The van der Waals surface area contributed by atoms with Gasteiger partial charge in [-0.05, 0) is 49.2 Å². The number of benzene rings is 1. The molecular formula is C16H17N3O. The van der Waals surface area contributed by atoms with Crippen LogP contribution in [0.1, 0.15) is 11.1 Å². The average Bonchev–Trinajstić information content (AvgIpc) is 2.76. The maximum Gasteiger partial charge on any atom is 0.139 e. The van der Waals surface area contributed by atoms with Crippen LogP contribution in [0, 0.1) is 13.8 Å². The number of aryl methyl sites for hydroxylation is 2. The number of rotatable bonds is 2. The lowest BCUT2D eigenvalue weighted by Gasteiger charge is -2.11. The number of anilines is 1. The van der Waals surface area contributed by atoms with Crippen LogP contribution in [-0.4, -0.2) is 16.5 Å². The molecule has 2 N–H and O–H groups in total. The van der Waals surface area contributed by atoms with E-state index in [2.05, 4.69) is 4.98 Å². The predicted molar refractivity (Wildman–Crippen MR) is 81.1 cm³/mol. The molecule has 3 aromatic rings. The van der Waals surface area contributed by atoms with Crippen LogP contribution in [0.15, 0.2) is 36.5 Å². The summed E-state index contributed by atoms with van der Waals surface area (Å²) in [5.74, 6) is 1.52. The number of pyridine rings is 1. The number of fused-ring (bicyclic) bond motifs is 1. The minimum Gasteiger partial charge on any atom is -0.497 e. The summed E-state index contributed by atoms with van der Waals surface area (Å²) in [4.78, 5) is 4.66. The molecule has 4 nitrogen and oxygen atoms in total. The van der Waals surface area contributed by atoms with Crippen LogP contribution in [0.2, 0.25) is 0 Å². The Hall–Kier alpha value is -2.49. The molecule has 0 unspecified atom stereocenters. The zero-order chi connectivity index (χ0) is 14.3. The largest absolute Gasteiger partial charge is 0.497 e. The fourth-order valence-electron chi connectivity index (χ4n) is 2.61. The van der Waals surface area contributed by atoms with Gasteiger partial charge in [0, 0.05) is 11.8 Å². The van der Waals surface area contributed by atoms with Crippen molar-refractivity contribution in [3.63, 3.8) is 0 Å². The van der Waals surface area contributed by atoms with E-state index in [4.69, 9.17) is 10.5 Å². The number of nitrogens with two attached hydrogens (primary N) is 1. The van der Waals surface area contributed by atoms with Crippen molar-refractivity contribution in [1.29, 1.82) is 0 Å². The summed E-state index contributed by atoms with van der Waals surface area (Å²) in [6, 6.07) is 9.87. The molecule has 0 aliphatic heterocycles. The minimum atomic E-state index is 0.664. The first-order valence-electron chi connectivity index (χ1n) is 6.50. The molecule has 3 rings (SSSR count). The summed E-state index contributed by atoms with van der Waals surface area (Å²) in [6.45, 7) is 4.10. The number of hydrogen-bond donors (Lipinski definition) is 1. The molecule has 0 saturated carbocycles. The van der Waals surface area contributed by atoms with E-state index in [0.717, 1.165) is 33.8 Å². The second kappa shape index (κ2) is 4.56. The number of ether oxygens (including phenoxy) is 1. The first kappa shape index (κ1) is 12.5. The Morgan fingerprint density at radius 2 is 1.85 bits per heavy atom. The SMILES string of the molecule is COc1cc(C)c(-c2nc3ccccn3c2N)c(C)c1. The lowest BCUT2D eigenvalue weighted by atomic mass is 9.99. The fourth-order valence-corrected chi connectivity index (χ4v) is 2.61. The van der Waals surface area contributed by atoms with Crippen molar-refractivity contribution >= 4 is 11.5 Å². The Morgan fingerprint density at radius 1 is 1.15 bits per heavy atom. The van der Waals surface area contributed by atoms with Gasteiger partial charge in [0.1, 0.15) is 22.9 Å². The van der Waals surface area contributed by atoms with Gasteiger partial charge in [-0.15, -0.1) is 0 Å². The standard InChI is InChI=1S/C16H17N3O/c1-10-8-12(20-3)9-11(2)14(10)15-16(17)19-7-5-4-6-13(19)18-15/h4-9H,17H2,1-3H3. The smallest absolute Gasteiger partial charge is 0.139 e. The second-order valence-electron chi connectivity index (χ2n) is 4.91. The average molecular weight is 267 g/mol. The number of methoxy groups -OCH3 is 1. The van der Waals surface area contributed by atoms with Crippen LogP contribution >= 0.6 is 0 Å². The number of nitrogen functional groups attached to an aromatic ring is 1. The molecule has 0 atom stereocenters. The fraction of sp³-hybridized carbons (Fsp3) is 0.188. The Labute approximate surface area is 117 Å². The molecule has 0 fully saturated rings. The molecule has 0 spiro atoms. The zero-order valence-corrected chi connectivity index (χ0v) is 11.8. The van der Waals surface area contributed by atoms with Crippen LogP contribution in [-0.2, 0) is 0 Å². The molecule has 0 bridgehead atoms. The highest BCUT2D eigenvalue weighted by Gasteiger charge is 2.16. The van der Waals surface area contributed by atoms with E-state index >= 15 is 0 Å². The molecule has 2 heterocycles. The molecule has 0 aliphatic carbocycles. The molecule has 4 heteroatoms. The number of nitrogens with zero attached hydrogens (tertiary/aromatic N) is 2. The number of hydrogen-bond acceptors (Lipinski definition) is 3. The van der Waals surface area contributed by atoms with E-state index in [0.29, 0.717) is 5.82 Å². The third-order valence-electron chi connectivity index (χ3n) is 3.55. The van der Waals surface area contributed by atoms with Gasteiger partial charge in [-0.25, -0.2) is 4.98 Å². The summed E-state index contributed by atoms with van der Waals surface area (Å²) >= 11 is 0. The molecule has 2 aromatic heterocycles. The van der Waals surface area contributed by atoms with Crippen molar-refractivity contribution in [2.75, 3.05) is 12.8 Å². The van der Waals surface area contributed by atoms with E-state index in [-0.39, 0.29) is 0 Å². The van der Waals surface area contributed by atoms with Gasteiger partial charge in [-0.3, -0.25) is 4.40 Å². The quantitative estimate of drug-likeness (QED) is 0.775. The van der Waals surface area contributed by atoms with E-state index in [1.807, 2.05) is 54.8 Å². The van der Waals surface area contributed by atoms with Crippen molar-refractivity contribution in [2.45, 2.75) is 13.8 Å². The Balaban J connectivity index is 2.28. The maximum atomic E-state index is 6.25. The van der Waals surface area contributed by atoms with Crippen LogP contribution < -0.4 is 10.5 Å². The van der Waals surface area contributed by atoms with Gasteiger partial charge in [0.25, 0.3) is 0 Å². The molecule has 1 aromatic carbocycles. The van der Waals surface area contributed by atoms with Crippen LogP contribution in [0.3, 0.4) is 0 Å². The third kappa shape index (κ3) is 1.81. The summed E-state index contributed by atoms with van der Waals surface area (Å²) < 4.78 is 7.20. The maximum absolute atomic E-state index is 6.25. The normalized spacial score (nSPS) is 10.9. The number of imidazole rings is 1. The zero-order valence-electron chi connectivity index (χ0n) is 11.8. The van der Waals surface area contributed by atoms with Crippen molar-refractivity contribution in [3.8, 4) is 17.0 Å². The van der Waals surface area contributed by atoms with Crippen molar-refractivity contribution in [1.82, 2.24) is 9.38 Å². The molecule has 102 valence electrons. The number of aromatic nitrogens is 2. The predicted octanol–water partition coefficient (Wildman–Crippen LogP) is 3.21. The summed E-state index contributed by atoms with van der Waals surface area (Å²) in [6.07, 6.45) is 1.93. The first-order chi connectivity index (χ1) is 9.61. The van der Waals surface area contributed by atoms with Crippen LogP contribution in [0.25, 0.3) is 16.9 Å². The summed E-state index contributed by atoms with van der Waals surface area (Å²) in [5, 5.41) is 0. The van der Waals surface area contributed by atoms with Crippen molar-refractivity contribution in [2.24, 2.45) is 0 Å². The van der Waals surface area contributed by atoms with Crippen LogP contribution in [0.5, 0.6) is 5.75 Å². The van der Waals surface area contributed by atoms with Gasteiger partial charge in [0.2, 0.25) is 0 Å². The van der Waals surface area contributed by atoms with E-state index in [1.165, 1.54) is 0 Å². The van der Waals surface area contributed by atoms with Gasteiger partial charge in [-0.2, -0.15) is 0 Å². The Bertz CT molecular complexity index is 767. The van der Waals surface area contributed by atoms with Gasteiger partial charge in [0.15, 0.2) is 0 Å². The molecule has 0 aliphatic rings. The topological polar surface area (TPSA) is 52.5 Å². The summed E-state index contributed by atoms with van der Waals surface area (Å²) in [5.41, 5.74) is 11.2. The summed E-state index contributed by atoms with van der Waals surface area (Å²) in [7, 11) is 1.67. The minimum absolute atomic E-state index is 0.664. The monoisotopic (exact) mass is 267 g/mol. The highest BCUT2D eigenvalue weighted by molar-refractivity contribution is 5.79. The molecule has 0 radical (unpaired) electrons. The Morgan fingerprint density at radius 3 is 2.45 bits per heavy atom. The lowest BCUT2D eigenvalue weighted by molar-refractivity contribution is 0.414. The first-order valence-corrected chi connectivity index (χ1v) is 6.50. The van der Waals surface area contributed by atoms with Gasteiger partial charge in [-0.1, -0.05) is 6.07 Å². The van der Waals surface area contributed by atoms with E-state index in [1.54, 1.807) is 7.11 Å². The highest BCUT2D eigenvalue weighted by atomic mass is 16.5. The van der Waals surface area contributed by atoms with Crippen molar-refractivity contribution < 1.29 is 4.74 Å².